The number of likely N-dealkylation sites (tertiary alicyclic amines) is 1. The summed E-state index contributed by atoms with van der Waals surface area (Å²) in [7, 11) is 3.55. The normalized spacial score (nSPS) is 22.4. The van der Waals surface area contributed by atoms with Crippen molar-refractivity contribution >= 4 is 5.96 Å². The third kappa shape index (κ3) is 4.54. The Hall–Kier alpha value is -2.57. The highest BCUT2D eigenvalue weighted by atomic mass is 16.5. The van der Waals surface area contributed by atoms with Gasteiger partial charge in [0.2, 0.25) is 0 Å². The number of hydrogen-bond acceptors (Lipinski definition) is 4. The molecule has 2 fully saturated rings. The van der Waals surface area contributed by atoms with Crippen LogP contribution < -0.4 is 10.1 Å². The number of rotatable bonds is 5. The fraction of sp³-hybridized carbons (Fsp3) is 0.435. The second kappa shape index (κ2) is 9.29. The SMILES string of the molecule is CN=C(NCc1ccccc1OC)N1CC2OCCN(Cc3ccccc3)C2C1. The first kappa shape index (κ1) is 19.7. The lowest BCUT2D eigenvalue weighted by Gasteiger charge is -2.36. The average molecular weight is 395 g/mol. The minimum absolute atomic E-state index is 0.220. The van der Waals surface area contributed by atoms with Gasteiger partial charge >= 0.3 is 0 Å². The number of nitrogens with one attached hydrogen (secondary N) is 1. The summed E-state index contributed by atoms with van der Waals surface area (Å²) in [5, 5.41) is 3.50. The van der Waals surface area contributed by atoms with Gasteiger partial charge in [0.15, 0.2) is 5.96 Å². The topological polar surface area (TPSA) is 49.3 Å². The average Bonchev–Trinajstić information content (AvgIpc) is 3.20. The molecule has 2 aliphatic heterocycles. The van der Waals surface area contributed by atoms with E-state index in [1.807, 2.05) is 25.2 Å². The summed E-state index contributed by atoms with van der Waals surface area (Å²) in [6.45, 7) is 5.18. The molecule has 2 unspecified atom stereocenters. The Kier molecular flexibility index (Phi) is 6.32. The van der Waals surface area contributed by atoms with Gasteiger partial charge < -0.3 is 19.7 Å². The number of aliphatic imine (C=N–C) groups is 1. The van der Waals surface area contributed by atoms with Crippen molar-refractivity contribution in [2.45, 2.75) is 25.2 Å². The number of nitrogens with zero attached hydrogens (tertiary/aromatic N) is 3. The van der Waals surface area contributed by atoms with Crippen LogP contribution in [0.15, 0.2) is 59.6 Å². The number of benzene rings is 2. The molecule has 0 aliphatic carbocycles. The summed E-state index contributed by atoms with van der Waals surface area (Å²) in [4.78, 5) is 9.39. The lowest BCUT2D eigenvalue weighted by Crippen LogP contribution is -2.50. The second-order valence-corrected chi connectivity index (χ2v) is 7.55. The van der Waals surface area contributed by atoms with Gasteiger partial charge in [0.1, 0.15) is 5.75 Å². The summed E-state index contributed by atoms with van der Waals surface area (Å²) in [6.07, 6.45) is 0.220. The highest BCUT2D eigenvalue weighted by Crippen LogP contribution is 2.25. The minimum Gasteiger partial charge on any atom is -0.496 e. The maximum absolute atomic E-state index is 6.11. The van der Waals surface area contributed by atoms with Gasteiger partial charge in [-0.05, 0) is 11.6 Å². The monoisotopic (exact) mass is 394 g/mol. The van der Waals surface area contributed by atoms with Crippen LogP contribution in [0.3, 0.4) is 0 Å². The molecule has 0 aromatic heterocycles. The Balaban J connectivity index is 1.40. The largest absolute Gasteiger partial charge is 0.496 e. The first-order valence-corrected chi connectivity index (χ1v) is 10.3. The van der Waals surface area contributed by atoms with E-state index in [1.54, 1.807) is 7.11 Å². The third-order valence-corrected chi connectivity index (χ3v) is 5.79. The lowest BCUT2D eigenvalue weighted by molar-refractivity contribution is -0.0502. The van der Waals surface area contributed by atoms with Crippen LogP contribution in [0.2, 0.25) is 0 Å². The minimum atomic E-state index is 0.220. The number of fused-ring (bicyclic) bond motifs is 1. The quantitative estimate of drug-likeness (QED) is 0.623. The molecular formula is C23H30N4O2. The molecule has 0 amide bonds. The van der Waals surface area contributed by atoms with Gasteiger partial charge in [-0.25, -0.2) is 0 Å². The zero-order valence-electron chi connectivity index (χ0n) is 17.3. The van der Waals surface area contributed by atoms with Gasteiger partial charge in [-0.1, -0.05) is 48.5 Å². The number of para-hydroxylation sites is 1. The molecule has 1 N–H and O–H groups in total. The Labute approximate surface area is 173 Å². The second-order valence-electron chi connectivity index (χ2n) is 7.55. The molecule has 2 aromatic rings. The van der Waals surface area contributed by atoms with Crippen molar-refractivity contribution in [2.75, 3.05) is 40.4 Å². The predicted molar refractivity (Wildman–Crippen MR) is 115 cm³/mol. The van der Waals surface area contributed by atoms with E-state index < -0.39 is 0 Å². The molecule has 154 valence electrons. The fourth-order valence-electron chi connectivity index (χ4n) is 4.30. The molecule has 0 spiro atoms. The Bertz CT molecular complexity index is 827. The zero-order valence-corrected chi connectivity index (χ0v) is 17.3. The van der Waals surface area contributed by atoms with Crippen molar-refractivity contribution in [3.8, 4) is 5.75 Å². The predicted octanol–water partition coefficient (Wildman–Crippen LogP) is 2.36. The standard InChI is InChI=1S/C23H30N4O2/c1-24-23(25-14-19-10-6-7-11-21(19)28-2)27-16-20-22(17-27)29-13-12-26(20)15-18-8-4-3-5-9-18/h3-11,20,22H,12-17H2,1-2H3,(H,24,25). The molecule has 0 bridgehead atoms. The summed E-state index contributed by atoms with van der Waals surface area (Å²) >= 11 is 0. The Morgan fingerprint density at radius 2 is 1.93 bits per heavy atom. The van der Waals surface area contributed by atoms with Gasteiger partial charge in [-0.15, -0.1) is 0 Å². The van der Waals surface area contributed by atoms with Crippen LogP contribution in [0.4, 0.5) is 0 Å². The van der Waals surface area contributed by atoms with E-state index in [9.17, 15) is 0 Å². The van der Waals surface area contributed by atoms with E-state index in [-0.39, 0.29) is 6.10 Å². The molecule has 0 saturated carbocycles. The van der Waals surface area contributed by atoms with Crippen molar-refractivity contribution in [1.82, 2.24) is 15.1 Å². The van der Waals surface area contributed by atoms with Gasteiger partial charge in [0, 0.05) is 45.3 Å². The van der Waals surface area contributed by atoms with Crippen molar-refractivity contribution in [1.29, 1.82) is 0 Å². The van der Waals surface area contributed by atoms with Gasteiger partial charge in [-0.2, -0.15) is 0 Å². The summed E-state index contributed by atoms with van der Waals surface area (Å²) in [6, 6.07) is 19.1. The van der Waals surface area contributed by atoms with Crippen molar-refractivity contribution in [3.63, 3.8) is 0 Å². The number of guanidine groups is 1. The lowest BCUT2D eigenvalue weighted by atomic mass is 10.1. The number of hydrogen-bond donors (Lipinski definition) is 1. The first-order chi connectivity index (χ1) is 14.3. The van der Waals surface area contributed by atoms with E-state index in [4.69, 9.17) is 9.47 Å². The Morgan fingerprint density at radius 3 is 2.72 bits per heavy atom. The molecule has 29 heavy (non-hydrogen) atoms. The van der Waals surface area contributed by atoms with Gasteiger partial charge in [0.05, 0.1) is 25.9 Å². The van der Waals surface area contributed by atoms with Crippen LogP contribution in [0.1, 0.15) is 11.1 Å². The molecule has 2 aliphatic rings. The third-order valence-electron chi connectivity index (χ3n) is 5.79. The molecule has 0 radical (unpaired) electrons. The van der Waals surface area contributed by atoms with E-state index in [0.717, 1.165) is 50.1 Å². The van der Waals surface area contributed by atoms with Crippen molar-refractivity contribution in [3.05, 3.63) is 65.7 Å². The fourth-order valence-corrected chi connectivity index (χ4v) is 4.30. The van der Waals surface area contributed by atoms with E-state index in [0.29, 0.717) is 12.6 Å². The van der Waals surface area contributed by atoms with Crippen LogP contribution in [0, 0.1) is 0 Å². The number of methoxy groups -OCH3 is 1. The van der Waals surface area contributed by atoms with E-state index in [2.05, 4.69) is 56.5 Å². The Morgan fingerprint density at radius 1 is 1.14 bits per heavy atom. The molecule has 2 saturated heterocycles. The van der Waals surface area contributed by atoms with Crippen LogP contribution in [0.25, 0.3) is 0 Å². The zero-order chi connectivity index (χ0) is 20.1. The molecule has 6 nitrogen and oxygen atoms in total. The smallest absolute Gasteiger partial charge is 0.194 e. The molecule has 2 heterocycles. The van der Waals surface area contributed by atoms with E-state index in [1.165, 1.54) is 5.56 Å². The van der Waals surface area contributed by atoms with Gasteiger partial charge in [-0.3, -0.25) is 9.89 Å². The maximum atomic E-state index is 6.11. The summed E-state index contributed by atoms with van der Waals surface area (Å²) in [5.74, 6) is 1.80. The molecule has 6 heteroatoms. The van der Waals surface area contributed by atoms with Crippen LogP contribution >= 0.6 is 0 Å². The van der Waals surface area contributed by atoms with Crippen molar-refractivity contribution in [2.24, 2.45) is 4.99 Å². The summed E-state index contributed by atoms with van der Waals surface area (Å²) < 4.78 is 11.6. The molecular weight excluding hydrogens is 364 g/mol. The van der Waals surface area contributed by atoms with Gasteiger partial charge in [0.25, 0.3) is 0 Å². The number of morpholine rings is 1. The highest BCUT2D eigenvalue weighted by molar-refractivity contribution is 5.80. The number of ether oxygens (including phenoxy) is 2. The van der Waals surface area contributed by atoms with Crippen LogP contribution in [-0.2, 0) is 17.8 Å². The van der Waals surface area contributed by atoms with Crippen LogP contribution in [0.5, 0.6) is 5.75 Å². The first-order valence-electron chi connectivity index (χ1n) is 10.3. The van der Waals surface area contributed by atoms with Crippen molar-refractivity contribution < 1.29 is 9.47 Å². The van der Waals surface area contributed by atoms with Crippen LogP contribution in [-0.4, -0.2) is 68.3 Å². The molecule has 2 aromatic carbocycles. The molecule has 2 atom stereocenters. The molecule has 4 rings (SSSR count). The van der Waals surface area contributed by atoms with E-state index >= 15 is 0 Å². The maximum Gasteiger partial charge on any atom is 0.194 e. The summed E-state index contributed by atoms with van der Waals surface area (Å²) in [5.41, 5.74) is 2.47. The highest BCUT2D eigenvalue weighted by Gasteiger charge is 2.41.